The lowest BCUT2D eigenvalue weighted by Gasteiger charge is -2.17. The Bertz CT molecular complexity index is 1020. The van der Waals surface area contributed by atoms with Gasteiger partial charge in [0.15, 0.2) is 0 Å². The Labute approximate surface area is 157 Å². The van der Waals surface area contributed by atoms with Crippen LogP contribution in [-0.2, 0) is 4.79 Å². The summed E-state index contributed by atoms with van der Waals surface area (Å²) in [5.74, 6) is -0.289. The van der Waals surface area contributed by atoms with E-state index in [9.17, 15) is 9.59 Å². The number of carbonyl (C=O) groups excluding carboxylic acids is 1. The van der Waals surface area contributed by atoms with Crippen LogP contribution in [-0.4, -0.2) is 20.7 Å². The molecule has 3 rings (SSSR count). The van der Waals surface area contributed by atoms with E-state index < -0.39 is 6.04 Å². The van der Waals surface area contributed by atoms with Gasteiger partial charge in [0.25, 0.3) is 5.56 Å². The SMILES string of the molecule is Cc1cc(C)c(NC(=O)C(C)n2nc(-c3cccnc3)ccc2=O)c(C)c1. The van der Waals surface area contributed by atoms with Crippen molar-refractivity contribution in [1.29, 1.82) is 0 Å². The van der Waals surface area contributed by atoms with Crippen molar-refractivity contribution in [2.45, 2.75) is 33.7 Å². The average Bonchev–Trinajstić information content (AvgIpc) is 2.65. The van der Waals surface area contributed by atoms with Crippen LogP contribution in [0.25, 0.3) is 11.3 Å². The fraction of sp³-hybridized carbons (Fsp3) is 0.238. The minimum atomic E-state index is -0.755. The van der Waals surface area contributed by atoms with E-state index in [0.29, 0.717) is 5.69 Å². The quantitative estimate of drug-likeness (QED) is 0.771. The molecule has 138 valence electrons. The van der Waals surface area contributed by atoms with Gasteiger partial charge in [-0.05, 0) is 57.0 Å². The van der Waals surface area contributed by atoms with Gasteiger partial charge in [-0.25, -0.2) is 4.68 Å². The average molecular weight is 362 g/mol. The fourth-order valence-electron chi connectivity index (χ4n) is 3.09. The van der Waals surface area contributed by atoms with Crippen molar-refractivity contribution >= 4 is 11.6 Å². The zero-order valence-corrected chi connectivity index (χ0v) is 15.9. The number of aromatic nitrogens is 3. The molecule has 0 bridgehead atoms. The number of amides is 1. The van der Waals surface area contributed by atoms with E-state index in [4.69, 9.17) is 0 Å². The second-order valence-corrected chi connectivity index (χ2v) is 6.68. The number of hydrogen-bond acceptors (Lipinski definition) is 4. The number of carbonyl (C=O) groups is 1. The predicted octanol–water partition coefficient (Wildman–Crippen LogP) is 3.43. The second-order valence-electron chi connectivity index (χ2n) is 6.68. The third-order valence-electron chi connectivity index (χ3n) is 4.45. The van der Waals surface area contributed by atoms with Crippen LogP contribution >= 0.6 is 0 Å². The molecule has 1 unspecified atom stereocenters. The molecule has 1 amide bonds. The first kappa shape index (κ1) is 18.5. The number of rotatable bonds is 4. The van der Waals surface area contributed by atoms with Crippen LogP contribution in [0.4, 0.5) is 5.69 Å². The Hall–Kier alpha value is -3.28. The molecule has 2 aromatic heterocycles. The van der Waals surface area contributed by atoms with Gasteiger partial charge in [0.2, 0.25) is 5.91 Å². The van der Waals surface area contributed by atoms with Crippen LogP contribution < -0.4 is 10.9 Å². The van der Waals surface area contributed by atoms with E-state index in [1.54, 1.807) is 31.5 Å². The van der Waals surface area contributed by atoms with E-state index in [1.807, 2.05) is 39.0 Å². The standard InChI is InChI=1S/C21H22N4O2/c1-13-10-14(2)20(15(3)11-13)23-21(27)16(4)25-19(26)8-7-18(24-25)17-6-5-9-22-12-17/h5-12,16H,1-4H3,(H,23,27). The van der Waals surface area contributed by atoms with Gasteiger partial charge < -0.3 is 5.32 Å². The summed E-state index contributed by atoms with van der Waals surface area (Å²) in [4.78, 5) is 29.1. The lowest BCUT2D eigenvalue weighted by molar-refractivity contribution is -0.119. The van der Waals surface area contributed by atoms with Crippen molar-refractivity contribution in [2.24, 2.45) is 0 Å². The Morgan fingerprint density at radius 3 is 2.44 bits per heavy atom. The first-order valence-corrected chi connectivity index (χ1v) is 8.76. The summed E-state index contributed by atoms with van der Waals surface area (Å²) in [5.41, 5.74) is 4.92. The number of nitrogens with one attached hydrogen (secondary N) is 1. The molecule has 1 aromatic carbocycles. The van der Waals surface area contributed by atoms with Crippen LogP contribution in [0.1, 0.15) is 29.7 Å². The van der Waals surface area contributed by atoms with Crippen molar-refractivity contribution in [2.75, 3.05) is 5.32 Å². The van der Waals surface area contributed by atoms with Gasteiger partial charge in [0.1, 0.15) is 6.04 Å². The first-order chi connectivity index (χ1) is 12.9. The molecule has 1 atom stereocenters. The van der Waals surface area contributed by atoms with Gasteiger partial charge >= 0.3 is 0 Å². The molecule has 0 aliphatic carbocycles. The Balaban J connectivity index is 1.91. The first-order valence-electron chi connectivity index (χ1n) is 8.76. The molecule has 6 nitrogen and oxygen atoms in total. The maximum atomic E-state index is 12.8. The lowest BCUT2D eigenvalue weighted by atomic mass is 10.0. The van der Waals surface area contributed by atoms with Crippen molar-refractivity contribution < 1.29 is 4.79 Å². The highest BCUT2D eigenvalue weighted by Crippen LogP contribution is 2.23. The van der Waals surface area contributed by atoms with Crippen LogP contribution in [0, 0.1) is 20.8 Å². The fourth-order valence-corrected chi connectivity index (χ4v) is 3.09. The molecule has 0 aliphatic rings. The number of aryl methyl sites for hydroxylation is 3. The molecule has 0 saturated heterocycles. The molecule has 3 aromatic rings. The molecule has 0 radical (unpaired) electrons. The van der Waals surface area contributed by atoms with Crippen LogP contribution in [0.3, 0.4) is 0 Å². The highest BCUT2D eigenvalue weighted by molar-refractivity contribution is 5.94. The minimum Gasteiger partial charge on any atom is -0.324 e. The lowest BCUT2D eigenvalue weighted by Crippen LogP contribution is -2.33. The van der Waals surface area contributed by atoms with Crippen LogP contribution in [0.2, 0.25) is 0 Å². The smallest absolute Gasteiger partial charge is 0.267 e. The van der Waals surface area contributed by atoms with Gasteiger partial charge in [-0.3, -0.25) is 14.6 Å². The molecule has 0 spiro atoms. The number of pyridine rings is 1. The third kappa shape index (κ3) is 3.95. The van der Waals surface area contributed by atoms with E-state index >= 15 is 0 Å². The van der Waals surface area contributed by atoms with Crippen LogP contribution in [0.15, 0.2) is 53.6 Å². The summed E-state index contributed by atoms with van der Waals surface area (Å²) in [6, 6.07) is 9.98. The molecular weight excluding hydrogens is 340 g/mol. The van der Waals surface area contributed by atoms with Gasteiger partial charge in [-0.1, -0.05) is 17.7 Å². The summed E-state index contributed by atoms with van der Waals surface area (Å²) in [7, 11) is 0. The van der Waals surface area contributed by atoms with E-state index in [2.05, 4.69) is 15.4 Å². The third-order valence-corrected chi connectivity index (χ3v) is 4.45. The normalized spacial score (nSPS) is 11.9. The molecule has 2 heterocycles. The summed E-state index contributed by atoms with van der Waals surface area (Å²) < 4.78 is 1.20. The maximum absolute atomic E-state index is 12.8. The number of anilines is 1. The zero-order chi connectivity index (χ0) is 19.6. The monoisotopic (exact) mass is 362 g/mol. The van der Waals surface area contributed by atoms with Gasteiger partial charge in [0, 0.05) is 29.7 Å². The predicted molar refractivity (Wildman–Crippen MR) is 106 cm³/mol. The largest absolute Gasteiger partial charge is 0.324 e. The number of benzene rings is 1. The Kier molecular flexibility index (Phi) is 5.16. The highest BCUT2D eigenvalue weighted by Gasteiger charge is 2.19. The van der Waals surface area contributed by atoms with E-state index in [1.165, 1.54) is 10.7 Å². The summed E-state index contributed by atoms with van der Waals surface area (Å²) in [6.07, 6.45) is 3.34. The molecule has 0 aliphatic heterocycles. The minimum absolute atomic E-state index is 0.289. The van der Waals surface area contributed by atoms with E-state index in [-0.39, 0.29) is 11.5 Å². The highest BCUT2D eigenvalue weighted by atomic mass is 16.2. The van der Waals surface area contributed by atoms with Crippen molar-refractivity contribution in [3.05, 3.63) is 75.8 Å². The van der Waals surface area contributed by atoms with Gasteiger partial charge in [-0.2, -0.15) is 5.10 Å². The second kappa shape index (κ2) is 7.53. The van der Waals surface area contributed by atoms with E-state index in [0.717, 1.165) is 27.9 Å². The van der Waals surface area contributed by atoms with Crippen molar-refractivity contribution in [3.8, 4) is 11.3 Å². The van der Waals surface area contributed by atoms with Crippen molar-refractivity contribution in [1.82, 2.24) is 14.8 Å². The number of hydrogen-bond donors (Lipinski definition) is 1. The molecule has 0 saturated carbocycles. The molecule has 6 heteroatoms. The summed E-state index contributed by atoms with van der Waals surface area (Å²) in [6.45, 7) is 7.58. The summed E-state index contributed by atoms with van der Waals surface area (Å²) in [5, 5.41) is 7.31. The van der Waals surface area contributed by atoms with Gasteiger partial charge in [-0.15, -0.1) is 0 Å². The molecular formula is C21H22N4O2. The number of nitrogens with zero attached hydrogens (tertiary/aromatic N) is 3. The Morgan fingerprint density at radius 2 is 1.81 bits per heavy atom. The Morgan fingerprint density at radius 1 is 1.11 bits per heavy atom. The molecule has 27 heavy (non-hydrogen) atoms. The zero-order valence-electron chi connectivity index (χ0n) is 15.9. The maximum Gasteiger partial charge on any atom is 0.267 e. The molecule has 1 N–H and O–H groups in total. The molecule has 0 fully saturated rings. The van der Waals surface area contributed by atoms with Crippen LogP contribution in [0.5, 0.6) is 0 Å². The van der Waals surface area contributed by atoms with Crippen molar-refractivity contribution in [3.63, 3.8) is 0 Å². The topological polar surface area (TPSA) is 76.9 Å². The van der Waals surface area contributed by atoms with Gasteiger partial charge in [0.05, 0.1) is 5.69 Å². The summed E-state index contributed by atoms with van der Waals surface area (Å²) >= 11 is 0.